The highest BCUT2D eigenvalue weighted by molar-refractivity contribution is 5.94. The fraction of sp³-hybridized carbons (Fsp3) is 0.619. The molecule has 1 aliphatic heterocycles. The van der Waals surface area contributed by atoms with Gasteiger partial charge in [-0.15, -0.1) is 0 Å². The molecule has 2 amide bonds. The molecule has 1 saturated heterocycles. The van der Waals surface area contributed by atoms with E-state index in [-0.39, 0.29) is 11.9 Å². The number of nitrogens with zero attached hydrogens (tertiary/aromatic N) is 1. The van der Waals surface area contributed by atoms with Crippen molar-refractivity contribution in [1.29, 1.82) is 0 Å². The van der Waals surface area contributed by atoms with E-state index in [9.17, 15) is 9.59 Å². The molecular weight excluding hydrogens is 358 g/mol. The van der Waals surface area contributed by atoms with E-state index in [1.165, 1.54) is 4.90 Å². The highest BCUT2D eigenvalue weighted by Gasteiger charge is 2.23. The number of ether oxygens (including phenoxy) is 2. The summed E-state index contributed by atoms with van der Waals surface area (Å²) in [6.07, 6.45) is -0.467. The van der Waals surface area contributed by atoms with Crippen molar-refractivity contribution < 1.29 is 24.0 Å². The Bertz CT molecular complexity index is 624. The average Bonchev–Trinajstić information content (AvgIpc) is 2.64. The van der Waals surface area contributed by atoms with Crippen LogP contribution in [0, 0.1) is 0 Å². The minimum atomic E-state index is -0.553. The van der Waals surface area contributed by atoms with Crippen molar-refractivity contribution in [1.82, 2.24) is 10.2 Å². The number of quaternary nitrogens is 1. The standard InChI is InChI=1S/C21H33N3O4/c1-17(22-20(26)28-21(2,3)4)16-24(11-10-23-12-14-27-15-13-23)19(25)18-8-6-5-7-9-18/h5-9,17H,10-16H2,1-4H3,(H,22,26)/p+1/t17-/m1/s1. The largest absolute Gasteiger partial charge is 0.444 e. The summed E-state index contributed by atoms with van der Waals surface area (Å²) in [6, 6.07) is 9.04. The van der Waals surface area contributed by atoms with Crippen molar-refractivity contribution >= 4 is 12.0 Å². The molecule has 2 rings (SSSR count). The SMILES string of the molecule is C[C@H](CN(CC[NH+]1CCOCC1)C(=O)c1ccccc1)NC(=O)OC(C)(C)C. The van der Waals surface area contributed by atoms with E-state index in [0.29, 0.717) is 18.7 Å². The third-order valence-electron chi connectivity index (χ3n) is 4.50. The molecule has 2 N–H and O–H groups in total. The maximum Gasteiger partial charge on any atom is 0.407 e. The lowest BCUT2D eigenvalue weighted by molar-refractivity contribution is -0.907. The van der Waals surface area contributed by atoms with Gasteiger partial charge in [0, 0.05) is 18.2 Å². The van der Waals surface area contributed by atoms with E-state index >= 15 is 0 Å². The summed E-state index contributed by atoms with van der Waals surface area (Å²) in [6.45, 7) is 12.7. The molecule has 7 heteroatoms. The number of rotatable bonds is 7. The van der Waals surface area contributed by atoms with E-state index in [2.05, 4.69) is 5.32 Å². The first kappa shape index (κ1) is 22.2. The zero-order valence-corrected chi connectivity index (χ0v) is 17.5. The van der Waals surface area contributed by atoms with Gasteiger partial charge in [0.15, 0.2) is 0 Å². The smallest absolute Gasteiger partial charge is 0.407 e. The molecule has 0 aromatic heterocycles. The molecule has 0 saturated carbocycles. The van der Waals surface area contributed by atoms with Crippen LogP contribution >= 0.6 is 0 Å². The number of benzene rings is 1. The fourth-order valence-corrected chi connectivity index (χ4v) is 3.13. The Hall–Kier alpha value is -2.12. The summed E-state index contributed by atoms with van der Waals surface area (Å²) in [5.74, 6) is -0.0221. The number of carbonyl (C=O) groups is 2. The summed E-state index contributed by atoms with van der Waals surface area (Å²) in [5.41, 5.74) is 0.104. The molecule has 1 heterocycles. The highest BCUT2D eigenvalue weighted by Crippen LogP contribution is 2.08. The number of nitrogens with one attached hydrogen (secondary N) is 2. The number of morpholine rings is 1. The molecule has 0 aliphatic carbocycles. The minimum Gasteiger partial charge on any atom is -0.444 e. The maximum absolute atomic E-state index is 13.0. The number of alkyl carbamates (subject to hydrolysis) is 1. The Labute approximate surface area is 168 Å². The van der Waals surface area contributed by atoms with Gasteiger partial charge in [-0.3, -0.25) is 4.79 Å². The average molecular weight is 393 g/mol. The van der Waals surface area contributed by atoms with Gasteiger partial charge >= 0.3 is 6.09 Å². The van der Waals surface area contributed by atoms with Crippen LogP contribution in [-0.2, 0) is 9.47 Å². The number of hydrogen-bond donors (Lipinski definition) is 2. The molecule has 1 aliphatic rings. The molecule has 0 radical (unpaired) electrons. The van der Waals surface area contributed by atoms with Crippen molar-refractivity contribution in [2.45, 2.75) is 39.3 Å². The van der Waals surface area contributed by atoms with Crippen molar-refractivity contribution in [3.63, 3.8) is 0 Å². The first-order valence-corrected chi connectivity index (χ1v) is 10.00. The van der Waals surface area contributed by atoms with Gasteiger partial charge in [0.05, 0.1) is 26.3 Å². The molecule has 1 atom stereocenters. The predicted molar refractivity (Wildman–Crippen MR) is 108 cm³/mol. The van der Waals surface area contributed by atoms with Crippen LogP contribution in [0.5, 0.6) is 0 Å². The molecule has 0 bridgehead atoms. The predicted octanol–water partition coefficient (Wildman–Crippen LogP) is 0.957. The lowest BCUT2D eigenvalue weighted by Crippen LogP contribution is -3.14. The minimum absolute atomic E-state index is 0.0221. The summed E-state index contributed by atoms with van der Waals surface area (Å²) in [5, 5.41) is 2.83. The molecule has 0 unspecified atom stereocenters. The van der Waals surface area contributed by atoms with Crippen LogP contribution in [0.15, 0.2) is 30.3 Å². The third-order valence-corrected chi connectivity index (χ3v) is 4.50. The number of amides is 2. The molecule has 1 aromatic rings. The summed E-state index contributed by atoms with van der Waals surface area (Å²) < 4.78 is 10.7. The van der Waals surface area contributed by atoms with Gasteiger partial charge in [-0.25, -0.2) is 4.79 Å². The second-order valence-corrected chi connectivity index (χ2v) is 8.28. The van der Waals surface area contributed by atoms with Crippen molar-refractivity contribution in [3.05, 3.63) is 35.9 Å². The van der Waals surface area contributed by atoms with Crippen molar-refractivity contribution in [2.24, 2.45) is 0 Å². The first-order valence-electron chi connectivity index (χ1n) is 10.00. The normalized spacial score (nSPS) is 16.3. The lowest BCUT2D eigenvalue weighted by atomic mass is 10.2. The van der Waals surface area contributed by atoms with Crippen molar-refractivity contribution in [3.8, 4) is 0 Å². The van der Waals surface area contributed by atoms with Crippen LogP contribution < -0.4 is 10.2 Å². The summed E-state index contributed by atoms with van der Waals surface area (Å²) >= 11 is 0. The van der Waals surface area contributed by atoms with Gasteiger partial charge in [0.2, 0.25) is 0 Å². The second kappa shape index (κ2) is 10.4. The zero-order chi connectivity index (χ0) is 20.6. The summed E-state index contributed by atoms with van der Waals surface area (Å²) in [7, 11) is 0. The molecule has 7 nitrogen and oxygen atoms in total. The number of carbonyl (C=O) groups excluding carboxylic acids is 2. The second-order valence-electron chi connectivity index (χ2n) is 8.28. The Morgan fingerprint density at radius 1 is 1.21 bits per heavy atom. The van der Waals surface area contributed by atoms with E-state index < -0.39 is 11.7 Å². The van der Waals surface area contributed by atoms with Crippen LogP contribution in [0.3, 0.4) is 0 Å². The molecular formula is C21H34N3O4+. The molecule has 1 aromatic carbocycles. The first-order chi connectivity index (χ1) is 13.2. The summed E-state index contributed by atoms with van der Waals surface area (Å²) in [4.78, 5) is 28.3. The molecule has 28 heavy (non-hydrogen) atoms. The molecule has 0 spiro atoms. The van der Waals surface area contributed by atoms with Crippen LogP contribution in [-0.4, -0.2) is 74.5 Å². The Balaban J connectivity index is 1.98. The zero-order valence-electron chi connectivity index (χ0n) is 17.5. The van der Waals surface area contributed by atoms with Crippen LogP contribution in [0.1, 0.15) is 38.1 Å². The van der Waals surface area contributed by atoms with Crippen LogP contribution in [0.2, 0.25) is 0 Å². The van der Waals surface area contributed by atoms with Gasteiger partial charge < -0.3 is 24.6 Å². The van der Waals surface area contributed by atoms with E-state index in [1.807, 2.05) is 62.9 Å². The topological polar surface area (TPSA) is 72.3 Å². The van der Waals surface area contributed by atoms with Crippen molar-refractivity contribution in [2.75, 3.05) is 45.9 Å². The fourth-order valence-electron chi connectivity index (χ4n) is 3.13. The van der Waals surface area contributed by atoms with Gasteiger partial charge in [-0.05, 0) is 39.8 Å². The van der Waals surface area contributed by atoms with E-state index in [1.54, 1.807) is 0 Å². The Morgan fingerprint density at radius 2 is 1.86 bits per heavy atom. The lowest BCUT2D eigenvalue weighted by Gasteiger charge is -2.30. The number of hydrogen-bond acceptors (Lipinski definition) is 4. The van der Waals surface area contributed by atoms with Gasteiger partial charge in [-0.2, -0.15) is 0 Å². The van der Waals surface area contributed by atoms with E-state index in [0.717, 1.165) is 32.8 Å². The highest BCUT2D eigenvalue weighted by atomic mass is 16.6. The Morgan fingerprint density at radius 3 is 2.46 bits per heavy atom. The third kappa shape index (κ3) is 7.86. The van der Waals surface area contributed by atoms with Crippen LogP contribution in [0.4, 0.5) is 4.79 Å². The van der Waals surface area contributed by atoms with Crippen LogP contribution in [0.25, 0.3) is 0 Å². The quantitative estimate of drug-likeness (QED) is 0.725. The molecule has 1 fully saturated rings. The van der Waals surface area contributed by atoms with Gasteiger partial charge in [0.25, 0.3) is 5.91 Å². The maximum atomic E-state index is 13.0. The monoisotopic (exact) mass is 392 g/mol. The molecule has 156 valence electrons. The van der Waals surface area contributed by atoms with E-state index in [4.69, 9.17) is 9.47 Å². The van der Waals surface area contributed by atoms with Gasteiger partial charge in [-0.1, -0.05) is 18.2 Å². The Kier molecular flexibility index (Phi) is 8.26. The van der Waals surface area contributed by atoms with Gasteiger partial charge in [0.1, 0.15) is 18.7 Å².